The monoisotopic (exact) mass is 271 g/mol. The molecular formula is C17H21NS. The van der Waals surface area contributed by atoms with Gasteiger partial charge in [0.15, 0.2) is 0 Å². The number of benzene rings is 2. The van der Waals surface area contributed by atoms with Crippen LogP contribution in [-0.4, -0.2) is 5.75 Å². The van der Waals surface area contributed by atoms with E-state index in [1.807, 2.05) is 11.8 Å². The summed E-state index contributed by atoms with van der Waals surface area (Å²) in [6, 6.07) is 17.3. The van der Waals surface area contributed by atoms with Crippen molar-refractivity contribution in [2.45, 2.75) is 31.2 Å². The van der Waals surface area contributed by atoms with E-state index in [1.165, 1.54) is 21.6 Å². The molecule has 1 nitrogen and oxygen atoms in total. The molecule has 0 aliphatic heterocycles. The Morgan fingerprint density at radius 3 is 2.53 bits per heavy atom. The van der Waals surface area contributed by atoms with Gasteiger partial charge in [-0.25, -0.2) is 0 Å². The first kappa shape index (κ1) is 14.2. The summed E-state index contributed by atoms with van der Waals surface area (Å²) in [4.78, 5) is 1.28. The third-order valence-electron chi connectivity index (χ3n) is 3.24. The Labute approximate surface area is 120 Å². The van der Waals surface area contributed by atoms with E-state index in [0.29, 0.717) is 0 Å². The summed E-state index contributed by atoms with van der Waals surface area (Å²) in [5, 5.41) is 0. The maximum Gasteiger partial charge on any atom is 0.0390 e. The van der Waals surface area contributed by atoms with Crippen LogP contribution >= 0.6 is 11.8 Å². The molecular weight excluding hydrogens is 250 g/mol. The summed E-state index contributed by atoms with van der Waals surface area (Å²) in [6.07, 6.45) is 1.06. The number of nitrogens with two attached hydrogens (primary N) is 1. The molecule has 0 spiro atoms. The third-order valence-corrected chi connectivity index (χ3v) is 4.37. The fraction of sp³-hybridized carbons (Fsp3) is 0.294. The van der Waals surface area contributed by atoms with Gasteiger partial charge in [0.25, 0.3) is 0 Å². The lowest BCUT2D eigenvalue weighted by Gasteiger charge is -2.13. The standard InChI is InChI=1S/C17H21NS/c1-3-14-5-4-6-15(11-14)17(18)12-19-16-9-7-13(2)8-10-16/h4-11,17H,3,12,18H2,1-2H3. The Kier molecular flexibility index (Phi) is 5.06. The average Bonchev–Trinajstić information content (AvgIpc) is 2.46. The lowest BCUT2D eigenvalue weighted by molar-refractivity contribution is 0.828. The smallest absolute Gasteiger partial charge is 0.0390 e. The van der Waals surface area contributed by atoms with Crippen LogP contribution in [0.2, 0.25) is 0 Å². The van der Waals surface area contributed by atoms with E-state index < -0.39 is 0 Å². The topological polar surface area (TPSA) is 26.0 Å². The Bertz CT molecular complexity index is 519. The Morgan fingerprint density at radius 2 is 1.84 bits per heavy atom. The molecule has 0 aromatic heterocycles. The van der Waals surface area contributed by atoms with Crippen molar-refractivity contribution < 1.29 is 0 Å². The van der Waals surface area contributed by atoms with Crippen molar-refractivity contribution in [3.8, 4) is 0 Å². The number of hydrogen-bond donors (Lipinski definition) is 1. The van der Waals surface area contributed by atoms with Gasteiger partial charge in [-0.15, -0.1) is 11.8 Å². The van der Waals surface area contributed by atoms with E-state index in [0.717, 1.165) is 12.2 Å². The SMILES string of the molecule is CCc1cccc(C(N)CSc2ccc(C)cc2)c1. The van der Waals surface area contributed by atoms with E-state index in [2.05, 4.69) is 62.4 Å². The molecule has 0 radical (unpaired) electrons. The molecule has 2 rings (SSSR count). The summed E-state index contributed by atoms with van der Waals surface area (Å²) in [6.45, 7) is 4.28. The summed E-state index contributed by atoms with van der Waals surface area (Å²) >= 11 is 1.82. The van der Waals surface area contributed by atoms with E-state index in [-0.39, 0.29) is 6.04 Å². The molecule has 100 valence electrons. The minimum absolute atomic E-state index is 0.0952. The van der Waals surface area contributed by atoms with Gasteiger partial charge < -0.3 is 5.73 Å². The quantitative estimate of drug-likeness (QED) is 0.818. The van der Waals surface area contributed by atoms with Gasteiger partial charge in [-0.3, -0.25) is 0 Å². The molecule has 0 fully saturated rings. The normalized spacial score (nSPS) is 12.4. The van der Waals surface area contributed by atoms with Crippen LogP contribution in [0.5, 0.6) is 0 Å². The van der Waals surface area contributed by atoms with Crippen LogP contribution in [0.25, 0.3) is 0 Å². The van der Waals surface area contributed by atoms with Gasteiger partial charge in [0.05, 0.1) is 0 Å². The largest absolute Gasteiger partial charge is 0.323 e. The molecule has 0 bridgehead atoms. The number of thioether (sulfide) groups is 1. The Morgan fingerprint density at radius 1 is 1.11 bits per heavy atom. The molecule has 2 aromatic rings. The van der Waals surface area contributed by atoms with E-state index >= 15 is 0 Å². The van der Waals surface area contributed by atoms with Gasteiger partial charge in [0, 0.05) is 16.7 Å². The molecule has 0 saturated carbocycles. The van der Waals surface area contributed by atoms with Crippen LogP contribution in [0.15, 0.2) is 53.4 Å². The summed E-state index contributed by atoms with van der Waals surface area (Å²) in [7, 11) is 0. The van der Waals surface area contributed by atoms with Gasteiger partial charge in [-0.1, -0.05) is 48.9 Å². The highest BCUT2D eigenvalue weighted by Gasteiger charge is 2.07. The van der Waals surface area contributed by atoms with E-state index in [9.17, 15) is 0 Å². The second-order valence-corrected chi connectivity index (χ2v) is 5.92. The van der Waals surface area contributed by atoms with Crippen LogP contribution in [-0.2, 0) is 6.42 Å². The van der Waals surface area contributed by atoms with Crippen LogP contribution < -0.4 is 5.73 Å². The van der Waals surface area contributed by atoms with Gasteiger partial charge in [0.2, 0.25) is 0 Å². The maximum absolute atomic E-state index is 6.28. The highest BCUT2D eigenvalue weighted by atomic mass is 32.2. The van der Waals surface area contributed by atoms with Crippen molar-refractivity contribution >= 4 is 11.8 Å². The van der Waals surface area contributed by atoms with Crippen LogP contribution in [0.1, 0.15) is 29.7 Å². The second kappa shape index (κ2) is 6.78. The summed E-state index contributed by atoms with van der Waals surface area (Å²) in [5.74, 6) is 0.913. The number of rotatable bonds is 5. The van der Waals surface area contributed by atoms with Crippen LogP contribution in [0, 0.1) is 6.92 Å². The minimum Gasteiger partial charge on any atom is -0.323 e. The predicted molar refractivity (Wildman–Crippen MR) is 84.7 cm³/mol. The third kappa shape index (κ3) is 4.12. The lowest BCUT2D eigenvalue weighted by Crippen LogP contribution is -2.13. The first-order valence-electron chi connectivity index (χ1n) is 6.73. The maximum atomic E-state index is 6.28. The van der Waals surface area contributed by atoms with Gasteiger partial charge in [0.1, 0.15) is 0 Å². The lowest BCUT2D eigenvalue weighted by atomic mass is 10.0. The number of hydrogen-bond acceptors (Lipinski definition) is 2. The highest BCUT2D eigenvalue weighted by molar-refractivity contribution is 7.99. The zero-order valence-electron chi connectivity index (χ0n) is 11.6. The molecule has 2 aromatic carbocycles. The molecule has 19 heavy (non-hydrogen) atoms. The molecule has 0 amide bonds. The first-order chi connectivity index (χ1) is 9.19. The minimum atomic E-state index is 0.0952. The van der Waals surface area contributed by atoms with Crippen LogP contribution in [0.3, 0.4) is 0 Å². The van der Waals surface area contributed by atoms with Crippen molar-refractivity contribution in [1.29, 1.82) is 0 Å². The van der Waals surface area contributed by atoms with E-state index in [1.54, 1.807) is 0 Å². The zero-order chi connectivity index (χ0) is 13.7. The van der Waals surface area contributed by atoms with Crippen LogP contribution in [0.4, 0.5) is 0 Å². The Hall–Kier alpha value is -1.25. The van der Waals surface area contributed by atoms with Crippen molar-refractivity contribution in [1.82, 2.24) is 0 Å². The molecule has 1 unspecified atom stereocenters. The van der Waals surface area contributed by atoms with Crippen molar-refractivity contribution in [3.05, 3.63) is 65.2 Å². The zero-order valence-corrected chi connectivity index (χ0v) is 12.4. The summed E-state index contributed by atoms with van der Waals surface area (Å²) < 4.78 is 0. The van der Waals surface area contributed by atoms with Crippen molar-refractivity contribution in [3.63, 3.8) is 0 Å². The second-order valence-electron chi connectivity index (χ2n) is 4.83. The van der Waals surface area contributed by atoms with E-state index in [4.69, 9.17) is 5.73 Å². The highest BCUT2D eigenvalue weighted by Crippen LogP contribution is 2.24. The molecule has 2 heteroatoms. The van der Waals surface area contributed by atoms with Gasteiger partial charge in [-0.05, 0) is 36.6 Å². The fourth-order valence-corrected chi connectivity index (χ4v) is 2.85. The van der Waals surface area contributed by atoms with Gasteiger partial charge >= 0.3 is 0 Å². The predicted octanol–water partition coefficient (Wildman–Crippen LogP) is 4.35. The Balaban J connectivity index is 1.96. The first-order valence-corrected chi connectivity index (χ1v) is 7.71. The molecule has 0 saturated heterocycles. The molecule has 0 heterocycles. The molecule has 2 N–H and O–H groups in total. The van der Waals surface area contributed by atoms with Crippen molar-refractivity contribution in [2.75, 3.05) is 5.75 Å². The fourth-order valence-electron chi connectivity index (χ4n) is 1.96. The molecule has 0 aliphatic rings. The molecule has 0 aliphatic carbocycles. The molecule has 1 atom stereocenters. The summed E-state index contributed by atoms with van der Waals surface area (Å²) in [5.41, 5.74) is 10.2. The number of aryl methyl sites for hydroxylation is 2. The average molecular weight is 271 g/mol. The van der Waals surface area contributed by atoms with Crippen molar-refractivity contribution in [2.24, 2.45) is 5.73 Å². The van der Waals surface area contributed by atoms with Gasteiger partial charge in [-0.2, -0.15) is 0 Å².